The highest BCUT2D eigenvalue weighted by Crippen LogP contribution is 2.16. The first-order valence-corrected chi connectivity index (χ1v) is 10.6. The molecule has 2 rings (SSSR count). The fourth-order valence-corrected chi connectivity index (χ4v) is 4.48. The third-order valence-electron chi connectivity index (χ3n) is 3.40. The van der Waals surface area contributed by atoms with Gasteiger partial charge in [-0.05, 0) is 36.6 Å². The Kier molecular flexibility index (Phi) is 6.97. The molecule has 1 N–H and O–H groups in total. The van der Waals surface area contributed by atoms with Gasteiger partial charge in [-0.15, -0.1) is 11.3 Å². The third-order valence-corrected chi connectivity index (χ3v) is 6.21. The summed E-state index contributed by atoms with van der Waals surface area (Å²) in [5.41, 5.74) is 0. The molecule has 0 aliphatic heterocycles. The molecule has 0 spiro atoms. The number of amides is 1. The molecule has 2 aromatic rings. The van der Waals surface area contributed by atoms with Crippen molar-refractivity contribution in [2.24, 2.45) is 0 Å². The molecule has 0 bridgehead atoms. The zero-order valence-electron chi connectivity index (χ0n) is 13.2. The standard InChI is InChI=1S/C16H19BrN2O3S2/c1-2-19(12-14-6-4-10-23-14)16(20)8-9-18-24(21,22)15-7-3-5-13(17)11-15/h3-7,10-11,18H,2,8-9,12H2,1H3. The molecule has 0 fully saturated rings. The minimum absolute atomic E-state index is 0.0668. The van der Waals surface area contributed by atoms with Crippen LogP contribution in [0.4, 0.5) is 0 Å². The van der Waals surface area contributed by atoms with Crippen molar-refractivity contribution in [1.29, 1.82) is 0 Å². The molecule has 1 aromatic carbocycles. The van der Waals surface area contributed by atoms with Crippen molar-refractivity contribution < 1.29 is 13.2 Å². The van der Waals surface area contributed by atoms with Gasteiger partial charge < -0.3 is 4.90 Å². The summed E-state index contributed by atoms with van der Waals surface area (Å²) in [5, 5.41) is 1.97. The summed E-state index contributed by atoms with van der Waals surface area (Å²) in [6.45, 7) is 3.15. The SMILES string of the molecule is CCN(Cc1cccs1)C(=O)CCNS(=O)(=O)c1cccc(Br)c1. The van der Waals surface area contributed by atoms with E-state index in [1.807, 2.05) is 24.4 Å². The Morgan fingerprint density at radius 1 is 1.29 bits per heavy atom. The van der Waals surface area contributed by atoms with Crippen LogP contribution in [-0.2, 0) is 21.4 Å². The van der Waals surface area contributed by atoms with Gasteiger partial charge in [0.15, 0.2) is 0 Å². The second kappa shape index (κ2) is 8.75. The van der Waals surface area contributed by atoms with Crippen LogP contribution in [0.3, 0.4) is 0 Å². The van der Waals surface area contributed by atoms with Crippen LogP contribution >= 0.6 is 27.3 Å². The lowest BCUT2D eigenvalue weighted by Crippen LogP contribution is -2.34. The van der Waals surface area contributed by atoms with Crippen LogP contribution in [0.25, 0.3) is 0 Å². The van der Waals surface area contributed by atoms with Crippen LogP contribution in [0.1, 0.15) is 18.2 Å². The molecule has 0 unspecified atom stereocenters. The number of nitrogens with one attached hydrogen (secondary N) is 1. The van der Waals surface area contributed by atoms with E-state index < -0.39 is 10.0 Å². The van der Waals surface area contributed by atoms with Crippen LogP contribution in [0, 0.1) is 0 Å². The minimum atomic E-state index is -3.61. The molecular formula is C16H19BrN2O3S2. The van der Waals surface area contributed by atoms with E-state index >= 15 is 0 Å². The fourth-order valence-electron chi connectivity index (χ4n) is 2.13. The first-order chi connectivity index (χ1) is 11.4. The van der Waals surface area contributed by atoms with Gasteiger partial charge >= 0.3 is 0 Å². The maximum Gasteiger partial charge on any atom is 0.240 e. The molecule has 1 amide bonds. The van der Waals surface area contributed by atoms with Crippen LogP contribution in [0.5, 0.6) is 0 Å². The average molecular weight is 431 g/mol. The number of hydrogen-bond acceptors (Lipinski definition) is 4. The van der Waals surface area contributed by atoms with Gasteiger partial charge in [-0.2, -0.15) is 0 Å². The van der Waals surface area contributed by atoms with Crippen molar-refractivity contribution in [3.63, 3.8) is 0 Å². The number of hydrogen-bond donors (Lipinski definition) is 1. The summed E-state index contributed by atoms with van der Waals surface area (Å²) in [6.07, 6.45) is 0.131. The Balaban J connectivity index is 1.89. The summed E-state index contributed by atoms with van der Waals surface area (Å²) in [7, 11) is -3.61. The number of thiophene rings is 1. The summed E-state index contributed by atoms with van der Waals surface area (Å²) in [6, 6.07) is 10.4. The van der Waals surface area contributed by atoms with Crippen molar-refractivity contribution >= 4 is 43.2 Å². The number of halogens is 1. The lowest BCUT2D eigenvalue weighted by atomic mass is 10.3. The number of carbonyl (C=O) groups excluding carboxylic acids is 1. The maximum atomic E-state index is 12.3. The van der Waals surface area contributed by atoms with Gasteiger partial charge in [0.25, 0.3) is 0 Å². The molecule has 0 saturated heterocycles. The fraction of sp³-hybridized carbons (Fsp3) is 0.312. The second-order valence-corrected chi connectivity index (χ2v) is 8.81. The predicted molar refractivity (Wildman–Crippen MR) is 99.4 cm³/mol. The molecule has 24 heavy (non-hydrogen) atoms. The predicted octanol–water partition coefficient (Wildman–Crippen LogP) is 3.23. The molecule has 8 heteroatoms. The van der Waals surface area contributed by atoms with Gasteiger partial charge in [0, 0.05) is 28.9 Å². The summed E-state index contributed by atoms with van der Waals surface area (Å²) < 4.78 is 27.6. The monoisotopic (exact) mass is 430 g/mol. The number of nitrogens with zero attached hydrogens (tertiary/aromatic N) is 1. The van der Waals surface area contributed by atoms with Gasteiger partial charge in [-0.3, -0.25) is 4.79 Å². The zero-order valence-corrected chi connectivity index (χ0v) is 16.5. The normalized spacial score (nSPS) is 11.4. The smallest absolute Gasteiger partial charge is 0.240 e. The first kappa shape index (κ1) is 19.1. The maximum absolute atomic E-state index is 12.3. The first-order valence-electron chi connectivity index (χ1n) is 7.48. The van der Waals surface area contributed by atoms with Crippen molar-refractivity contribution in [2.75, 3.05) is 13.1 Å². The molecule has 1 aromatic heterocycles. The molecular weight excluding hydrogens is 412 g/mol. The quantitative estimate of drug-likeness (QED) is 0.698. The summed E-state index contributed by atoms with van der Waals surface area (Å²) in [4.78, 5) is 15.3. The lowest BCUT2D eigenvalue weighted by Gasteiger charge is -2.20. The van der Waals surface area contributed by atoms with Crippen LogP contribution < -0.4 is 4.72 Å². The largest absolute Gasteiger partial charge is 0.338 e. The topological polar surface area (TPSA) is 66.5 Å². The highest BCUT2D eigenvalue weighted by molar-refractivity contribution is 9.10. The summed E-state index contributed by atoms with van der Waals surface area (Å²) >= 11 is 4.85. The van der Waals surface area contributed by atoms with Gasteiger partial charge in [0.2, 0.25) is 15.9 Å². The van der Waals surface area contributed by atoms with Crippen LogP contribution in [-0.4, -0.2) is 32.3 Å². The highest BCUT2D eigenvalue weighted by Gasteiger charge is 2.16. The molecule has 0 atom stereocenters. The Morgan fingerprint density at radius 3 is 2.71 bits per heavy atom. The number of benzene rings is 1. The molecule has 1 heterocycles. The van der Waals surface area contributed by atoms with Gasteiger partial charge in [-0.1, -0.05) is 28.1 Å². The second-order valence-electron chi connectivity index (χ2n) is 5.09. The highest BCUT2D eigenvalue weighted by atomic mass is 79.9. The van der Waals surface area contributed by atoms with E-state index in [-0.39, 0.29) is 23.8 Å². The average Bonchev–Trinajstić information content (AvgIpc) is 3.05. The Bertz CT molecular complexity index is 776. The number of sulfonamides is 1. The van der Waals surface area contributed by atoms with E-state index in [0.717, 1.165) is 4.88 Å². The Labute approximate surface area is 154 Å². The molecule has 0 saturated carbocycles. The number of carbonyl (C=O) groups is 1. The van der Waals surface area contributed by atoms with E-state index in [9.17, 15) is 13.2 Å². The Hall–Kier alpha value is -1.22. The van der Waals surface area contributed by atoms with Crippen molar-refractivity contribution in [1.82, 2.24) is 9.62 Å². The molecule has 0 aliphatic rings. The minimum Gasteiger partial charge on any atom is -0.338 e. The third kappa shape index (κ3) is 5.41. The number of rotatable bonds is 8. The zero-order chi connectivity index (χ0) is 17.6. The van der Waals surface area contributed by atoms with Crippen LogP contribution in [0.2, 0.25) is 0 Å². The van der Waals surface area contributed by atoms with E-state index in [0.29, 0.717) is 17.6 Å². The van der Waals surface area contributed by atoms with Crippen molar-refractivity contribution in [3.05, 3.63) is 51.1 Å². The van der Waals surface area contributed by atoms with Crippen LogP contribution in [0.15, 0.2) is 51.1 Å². The van der Waals surface area contributed by atoms with E-state index in [4.69, 9.17) is 0 Å². The Morgan fingerprint density at radius 2 is 2.08 bits per heavy atom. The van der Waals surface area contributed by atoms with E-state index in [1.165, 1.54) is 12.1 Å². The molecule has 0 radical (unpaired) electrons. The van der Waals surface area contributed by atoms with Gasteiger partial charge in [0.05, 0.1) is 11.4 Å². The van der Waals surface area contributed by atoms with Crippen molar-refractivity contribution in [3.8, 4) is 0 Å². The molecule has 0 aliphatic carbocycles. The summed E-state index contributed by atoms with van der Waals surface area (Å²) in [5.74, 6) is -0.0668. The molecule has 5 nitrogen and oxygen atoms in total. The lowest BCUT2D eigenvalue weighted by molar-refractivity contribution is -0.131. The van der Waals surface area contributed by atoms with Gasteiger partial charge in [-0.25, -0.2) is 13.1 Å². The molecule has 130 valence electrons. The van der Waals surface area contributed by atoms with E-state index in [2.05, 4.69) is 20.7 Å². The van der Waals surface area contributed by atoms with E-state index in [1.54, 1.807) is 28.4 Å². The van der Waals surface area contributed by atoms with Crippen molar-refractivity contribution in [2.45, 2.75) is 24.8 Å². The van der Waals surface area contributed by atoms with Gasteiger partial charge in [0.1, 0.15) is 0 Å².